The van der Waals surface area contributed by atoms with Gasteiger partial charge in [-0.05, 0) is 30.2 Å². The molecule has 1 amide bonds. The van der Waals surface area contributed by atoms with Crippen molar-refractivity contribution >= 4 is 15.9 Å². The molecule has 3 rings (SSSR count). The summed E-state index contributed by atoms with van der Waals surface area (Å²) in [4.78, 5) is 14.8. The van der Waals surface area contributed by atoms with E-state index in [9.17, 15) is 13.2 Å². The summed E-state index contributed by atoms with van der Waals surface area (Å²) in [6.45, 7) is 0.321. The number of hydrogen-bond donors (Lipinski definition) is 1. The van der Waals surface area contributed by atoms with Gasteiger partial charge >= 0.3 is 0 Å². The molecule has 0 saturated carbocycles. The van der Waals surface area contributed by atoms with Crippen LogP contribution in [0.15, 0.2) is 59.5 Å². The predicted octanol–water partition coefficient (Wildman–Crippen LogP) is 1.58. The minimum Gasteiger partial charge on any atom is -0.268 e. The van der Waals surface area contributed by atoms with Crippen LogP contribution in [-0.2, 0) is 16.4 Å². The molecule has 1 aliphatic rings. The SMILES string of the molecule is O=C1c2ccccc2CCN1NS(=O)(=O)c1ccccc1. The van der Waals surface area contributed by atoms with Gasteiger partial charge in [0.1, 0.15) is 0 Å². The van der Waals surface area contributed by atoms with E-state index in [1.807, 2.05) is 12.1 Å². The average molecular weight is 302 g/mol. The summed E-state index contributed by atoms with van der Waals surface area (Å²) in [5, 5.41) is 1.16. The molecule has 2 aromatic carbocycles. The number of nitrogens with one attached hydrogen (secondary N) is 1. The fraction of sp³-hybridized carbons (Fsp3) is 0.133. The van der Waals surface area contributed by atoms with Crippen LogP contribution in [0.1, 0.15) is 15.9 Å². The van der Waals surface area contributed by atoms with Gasteiger partial charge in [0, 0.05) is 12.1 Å². The number of nitrogens with zero attached hydrogens (tertiary/aromatic N) is 1. The van der Waals surface area contributed by atoms with E-state index in [1.54, 1.807) is 30.3 Å². The largest absolute Gasteiger partial charge is 0.269 e. The normalized spacial score (nSPS) is 14.9. The summed E-state index contributed by atoms with van der Waals surface area (Å²) in [7, 11) is -3.74. The molecule has 5 nitrogen and oxygen atoms in total. The van der Waals surface area contributed by atoms with Crippen LogP contribution in [-0.4, -0.2) is 25.9 Å². The van der Waals surface area contributed by atoms with Crippen LogP contribution < -0.4 is 4.83 Å². The predicted molar refractivity (Wildman–Crippen MR) is 77.9 cm³/mol. The lowest BCUT2D eigenvalue weighted by Gasteiger charge is -2.28. The van der Waals surface area contributed by atoms with Crippen molar-refractivity contribution in [3.05, 3.63) is 65.7 Å². The number of benzene rings is 2. The Morgan fingerprint density at radius 3 is 2.38 bits per heavy atom. The van der Waals surface area contributed by atoms with Crippen molar-refractivity contribution in [2.45, 2.75) is 11.3 Å². The summed E-state index contributed by atoms with van der Waals surface area (Å²) < 4.78 is 24.5. The highest BCUT2D eigenvalue weighted by atomic mass is 32.2. The lowest BCUT2D eigenvalue weighted by molar-refractivity contribution is 0.0701. The van der Waals surface area contributed by atoms with Crippen molar-refractivity contribution < 1.29 is 13.2 Å². The van der Waals surface area contributed by atoms with Crippen molar-refractivity contribution in [2.75, 3.05) is 6.54 Å². The molecule has 21 heavy (non-hydrogen) atoms. The molecule has 0 fully saturated rings. The molecule has 0 spiro atoms. The van der Waals surface area contributed by atoms with E-state index >= 15 is 0 Å². The molecule has 0 unspecified atom stereocenters. The first-order valence-electron chi connectivity index (χ1n) is 6.55. The third-order valence-corrected chi connectivity index (χ3v) is 4.74. The van der Waals surface area contributed by atoms with Gasteiger partial charge in [0.15, 0.2) is 0 Å². The molecule has 0 aliphatic carbocycles. The van der Waals surface area contributed by atoms with E-state index < -0.39 is 10.0 Å². The van der Waals surface area contributed by atoms with Crippen LogP contribution in [0, 0.1) is 0 Å². The smallest absolute Gasteiger partial charge is 0.268 e. The molecule has 1 heterocycles. The monoisotopic (exact) mass is 302 g/mol. The standard InChI is InChI=1S/C15H14N2O3S/c18-15-14-9-5-4-6-12(14)10-11-17(15)16-21(19,20)13-7-2-1-3-8-13/h1-9,16H,10-11H2. The summed E-state index contributed by atoms with van der Waals surface area (Å²) in [6.07, 6.45) is 0.624. The quantitative estimate of drug-likeness (QED) is 0.936. The Labute approximate surface area is 123 Å². The second-order valence-electron chi connectivity index (χ2n) is 4.77. The maximum atomic E-state index is 12.3. The summed E-state index contributed by atoms with van der Waals surface area (Å²) in [5.41, 5.74) is 1.48. The molecule has 0 radical (unpaired) electrons. The van der Waals surface area contributed by atoms with Crippen molar-refractivity contribution in [3.8, 4) is 0 Å². The Morgan fingerprint density at radius 1 is 0.952 bits per heavy atom. The van der Waals surface area contributed by atoms with Gasteiger partial charge in [0.05, 0.1) is 4.90 Å². The number of hydrazine groups is 1. The third-order valence-electron chi connectivity index (χ3n) is 3.38. The maximum Gasteiger partial charge on any atom is 0.269 e. The summed E-state index contributed by atoms with van der Waals surface area (Å²) in [5.74, 6) is -0.323. The number of fused-ring (bicyclic) bond motifs is 1. The van der Waals surface area contributed by atoms with E-state index in [1.165, 1.54) is 12.1 Å². The van der Waals surface area contributed by atoms with E-state index in [2.05, 4.69) is 4.83 Å². The van der Waals surface area contributed by atoms with Crippen molar-refractivity contribution in [1.29, 1.82) is 0 Å². The molecule has 0 bridgehead atoms. The van der Waals surface area contributed by atoms with Gasteiger partial charge in [0.25, 0.3) is 15.9 Å². The molecule has 1 aliphatic heterocycles. The third kappa shape index (κ3) is 2.68. The minimum absolute atomic E-state index is 0.136. The zero-order valence-electron chi connectivity index (χ0n) is 11.2. The molecular formula is C15H14N2O3S. The second kappa shape index (κ2) is 5.31. The summed E-state index contributed by atoms with van der Waals surface area (Å²) in [6, 6.07) is 15.2. The first-order chi connectivity index (χ1) is 10.1. The fourth-order valence-electron chi connectivity index (χ4n) is 2.31. The molecule has 0 saturated heterocycles. The average Bonchev–Trinajstić information content (AvgIpc) is 2.51. The van der Waals surface area contributed by atoms with Crippen LogP contribution in [0.5, 0.6) is 0 Å². The Morgan fingerprint density at radius 2 is 1.62 bits per heavy atom. The van der Waals surface area contributed by atoms with Gasteiger partial charge in [-0.2, -0.15) is 0 Å². The van der Waals surface area contributed by atoms with Crippen LogP contribution in [0.3, 0.4) is 0 Å². The highest BCUT2D eigenvalue weighted by Gasteiger charge is 2.27. The highest BCUT2D eigenvalue weighted by molar-refractivity contribution is 7.89. The zero-order chi connectivity index (χ0) is 14.9. The van der Waals surface area contributed by atoms with E-state index in [0.29, 0.717) is 18.5 Å². The molecular weight excluding hydrogens is 288 g/mol. The molecule has 0 aromatic heterocycles. The highest BCUT2D eigenvalue weighted by Crippen LogP contribution is 2.18. The Hall–Kier alpha value is -2.18. The number of amides is 1. The van der Waals surface area contributed by atoms with Gasteiger partial charge in [-0.25, -0.2) is 8.42 Å². The number of carbonyl (C=O) groups is 1. The van der Waals surface area contributed by atoms with Crippen molar-refractivity contribution in [1.82, 2.24) is 9.84 Å². The number of carbonyl (C=O) groups excluding carboxylic acids is 1. The molecule has 6 heteroatoms. The lowest BCUT2D eigenvalue weighted by atomic mass is 10.0. The minimum atomic E-state index is -3.74. The van der Waals surface area contributed by atoms with E-state index in [-0.39, 0.29) is 10.8 Å². The van der Waals surface area contributed by atoms with Gasteiger partial charge in [-0.15, -0.1) is 4.83 Å². The Bertz CT molecular complexity index is 773. The fourth-order valence-corrected chi connectivity index (χ4v) is 3.40. The number of rotatable bonds is 3. The van der Waals surface area contributed by atoms with Crippen molar-refractivity contribution in [2.24, 2.45) is 0 Å². The first-order valence-corrected chi connectivity index (χ1v) is 8.03. The second-order valence-corrected chi connectivity index (χ2v) is 6.43. The number of sulfonamides is 1. The van der Waals surface area contributed by atoms with Gasteiger partial charge in [-0.3, -0.25) is 9.80 Å². The first kappa shape index (κ1) is 13.8. The van der Waals surface area contributed by atoms with Gasteiger partial charge in [-0.1, -0.05) is 36.4 Å². The van der Waals surface area contributed by atoms with Gasteiger partial charge in [0.2, 0.25) is 0 Å². The van der Waals surface area contributed by atoms with Crippen LogP contribution in [0.25, 0.3) is 0 Å². The van der Waals surface area contributed by atoms with E-state index in [4.69, 9.17) is 0 Å². The molecule has 0 atom stereocenters. The van der Waals surface area contributed by atoms with Crippen LogP contribution >= 0.6 is 0 Å². The Kier molecular flexibility index (Phi) is 3.48. The topological polar surface area (TPSA) is 66.5 Å². The summed E-state index contributed by atoms with van der Waals surface area (Å²) >= 11 is 0. The lowest BCUT2D eigenvalue weighted by Crippen LogP contribution is -2.49. The van der Waals surface area contributed by atoms with Gasteiger partial charge < -0.3 is 0 Å². The number of hydrogen-bond acceptors (Lipinski definition) is 3. The molecule has 108 valence electrons. The van der Waals surface area contributed by atoms with E-state index in [0.717, 1.165) is 10.6 Å². The van der Waals surface area contributed by atoms with Crippen molar-refractivity contribution in [3.63, 3.8) is 0 Å². The Balaban J connectivity index is 1.86. The zero-order valence-corrected chi connectivity index (χ0v) is 12.0. The maximum absolute atomic E-state index is 12.3. The van der Waals surface area contributed by atoms with Crippen LogP contribution in [0.4, 0.5) is 0 Å². The molecule has 1 N–H and O–H groups in total. The van der Waals surface area contributed by atoms with Crippen LogP contribution in [0.2, 0.25) is 0 Å². The molecule has 2 aromatic rings.